The van der Waals surface area contributed by atoms with Gasteiger partial charge in [0.15, 0.2) is 5.11 Å². The van der Waals surface area contributed by atoms with Gasteiger partial charge in [0.25, 0.3) is 11.6 Å². The molecule has 0 heterocycles. The minimum atomic E-state index is -0.571. The highest BCUT2D eigenvalue weighted by Crippen LogP contribution is 2.20. The van der Waals surface area contributed by atoms with E-state index in [-0.39, 0.29) is 21.4 Å². The summed E-state index contributed by atoms with van der Waals surface area (Å²) in [6.07, 6.45) is 0. The third-order valence-electron chi connectivity index (χ3n) is 3.06. The number of anilines is 1. The molecule has 0 aliphatic rings. The molecule has 0 aliphatic heterocycles. The number of thiocarbonyl (C=S) groups is 1. The van der Waals surface area contributed by atoms with Gasteiger partial charge < -0.3 is 5.32 Å². The summed E-state index contributed by atoms with van der Waals surface area (Å²) >= 11 is 10.7. The van der Waals surface area contributed by atoms with Crippen molar-refractivity contribution in [2.75, 3.05) is 5.32 Å². The molecule has 0 saturated heterocycles. The number of hydrogen-bond donors (Lipinski definition) is 2. The number of nitrogens with zero attached hydrogens (tertiary/aromatic N) is 1. The van der Waals surface area contributed by atoms with Gasteiger partial charge in [-0.3, -0.25) is 20.2 Å². The Balaban J connectivity index is 2.06. The van der Waals surface area contributed by atoms with Crippen molar-refractivity contribution in [3.63, 3.8) is 0 Å². The monoisotopic (exact) mass is 367 g/mol. The number of halogens is 2. The molecule has 0 aliphatic carbocycles. The van der Waals surface area contributed by atoms with E-state index in [1.54, 1.807) is 0 Å². The first-order valence-corrected chi connectivity index (χ1v) is 7.39. The Hall–Kier alpha value is -2.58. The molecular weight excluding hydrogens is 357 g/mol. The van der Waals surface area contributed by atoms with Crippen molar-refractivity contribution in [2.45, 2.75) is 6.92 Å². The van der Waals surface area contributed by atoms with Gasteiger partial charge in [-0.2, -0.15) is 0 Å². The summed E-state index contributed by atoms with van der Waals surface area (Å²) in [5, 5.41) is 15.8. The molecule has 0 fully saturated rings. The Labute approximate surface area is 146 Å². The van der Waals surface area contributed by atoms with Crippen LogP contribution in [0.15, 0.2) is 36.4 Å². The molecule has 0 spiro atoms. The van der Waals surface area contributed by atoms with E-state index in [9.17, 15) is 19.3 Å². The third-order valence-corrected chi connectivity index (χ3v) is 3.55. The molecule has 2 rings (SSSR count). The molecule has 9 heteroatoms. The number of nitro groups is 1. The molecule has 1 amide bonds. The average Bonchev–Trinajstić information content (AvgIpc) is 2.50. The highest BCUT2D eigenvalue weighted by atomic mass is 35.5. The van der Waals surface area contributed by atoms with Crippen molar-refractivity contribution in [1.82, 2.24) is 5.32 Å². The van der Waals surface area contributed by atoms with Crippen molar-refractivity contribution >= 4 is 46.2 Å². The van der Waals surface area contributed by atoms with Crippen LogP contribution in [-0.2, 0) is 0 Å². The summed E-state index contributed by atoms with van der Waals surface area (Å²) in [6.45, 7) is 1.53. The van der Waals surface area contributed by atoms with E-state index < -0.39 is 16.6 Å². The highest BCUT2D eigenvalue weighted by molar-refractivity contribution is 7.80. The molecule has 24 heavy (non-hydrogen) atoms. The average molecular weight is 368 g/mol. The molecule has 2 aromatic carbocycles. The number of amides is 1. The maximum absolute atomic E-state index is 13.1. The van der Waals surface area contributed by atoms with Gasteiger partial charge in [-0.15, -0.1) is 0 Å². The molecule has 6 nitrogen and oxygen atoms in total. The standard InChI is InChI=1S/C15H11ClFN3O3S/c1-8-6-9(2-5-13(8)20(22)23)14(21)19-15(24)18-10-3-4-12(17)11(16)7-10/h2-7H,1H3,(H2,18,19,21,24). The second-order valence-corrected chi connectivity index (χ2v) is 5.61. The zero-order valence-electron chi connectivity index (χ0n) is 12.3. The second-order valence-electron chi connectivity index (χ2n) is 4.80. The van der Waals surface area contributed by atoms with Crippen molar-refractivity contribution in [1.29, 1.82) is 0 Å². The van der Waals surface area contributed by atoms with E-state index in [4.69, 9.17) is 23.8 Å². The topological polar surface area (TPSA) is 84.3 Å². The van der Waals surface area contributed by atoms with E-state index in [1.165, 1.54) is 37.3 Å². The van der Waals surface area contributed by atoms with Crippen molar-refractivity contribution < 1.29 is 14.1 Å². The van der Waals surface area contributed by atoms with E-state index in [0.717, 1.165) is 6.07 Å². The summed E-state index contributed by atoms with van der Waals surface area (Å²) in [5.74, 6) is -1.10. The molecule has 0 unspecified atom stereocenters. The van der Waals surface area contributed by atoms with Crippen LogP contribution in [0.1, 0.15) is 15.9 Å². The van der Waals surface area contributed by atoms with Gasteiger partial charge >= 0.3 is 0 Å². The Morgan fingerprint density at radius 1 is 1.29 bits per heavy atom. The minimum Gasteiger partial charge on any atom is -0.332 e. The Morgan fingerprint density at radius 2 is 2.00 bits per heavy atom. The summed E-state index contributed by atoms with van der Waals surface area (Å²) in [5.41, 5.74) is 0.913. The lowest BCUT2D eigenvalue weighted by Crippen LogP contribution is -2.34. The fourth-order valence-electron chi connectivity index (χ4n) is 1.91. The smallest absolute Gasteiger partial charge is 0.272 e. The van der Waals surface area contributed by atoms with Crippen LogP contribution in [0.3, 0.4) is 0 Å². The summed E-state index contributed by atoms with van der Waals surface area (Å²) < 4.78 is 13.1. The molecule has 2 N–H and O–H groups in total. The van der Waals surface area contributed by atoms with Gasteiger partial charge in [-0.05, 0) is 49.5 Å². The maximum atomic E-state index is 13.1. The molecule has 124 valence electrons. The van der Waals surface area contributed by atoms with Crippen LogP contribution in [0.5, 0.6) is 0 Å². The first-order chi connectivity index (χ1) is 11.3. The van der Waals surface area contributed by atoms with Crippen LogP contribution in [0, 0.1) is 22.9 Å². The van der Waals surface area contributed by atoms with Crippen LogP contribution in [0.2, 0.25) is 5.02 Å². The number of benzene rings is 2. The predicted molar refractivity (Wildman–Crippen MR) is 92.9 cm³/mol. The number of hydrogen-bond acceptors (Lipinski definition) is 4. The number of nitrogens with one attached hydrogen (secondary N) is 2. The quantitative estimate of drug-likeness (QED) is 0.489. The van der Waals surface area contributed by atoms with Crippen LogP contribution in [-0.4, -0.2) is 15.9 Å². The van der Waals surface area contributed by atoms with Gasteiger partial charge in [-0.25, -0.2) is 4.39 Å². The summed E-state index contributed by atoms with van der Waals surface area (Å²) in [4.78, 5) is 22.4. The molecule has 0 aromatic heterocycles. The number of carbonyl (C=O) groups excluding carboxylic acids is 1. The molecular formula is C15H11ClFN3O3S. The van der Waals surface area contributed by atoms with E-state index in [0.29, 0.717) is 11.3 Å². The highest BCUT2D eigenvalue weighted by Gasteiger charge is 2.14. The fraction of sp³-hybridized carbons (Fsp3) is 0.0667. The first kappa shape index (κ1) is 17.8. The normalized spacial score (nSPS) is 10.1. The number of aryl methyl sites for hydroxylation is 1. The third kappa shape index (κ3) is 4.24. The van der Waals surface area contributed by atoms with E-state index >= 15 is 0 Å². The maximum Gasteiger partial charge on any atom is 0.272 e. The second kappa shape index (κ2) is 7.33. The van der Waals surface area contributed by atoms with Crippen LogP contribution in [0.4, 0.5) is 15.8 Å². The molecule has 2 aromatic rings. The van der Waals surface area contributed by atoms with Gasteiger partial charge in [0.1, 0.15) is 5.82 Å². The summed E-state index contributed by atoms with van der Waals surface area (Å²) in [6, 6.07) is 7.87. The lowest BCUT2D eigenvalue weighted by Gasteiger charge is -2.10. The molecule has 0 saturated carbocycles. The van der Waals surface area contributed by atoms with Gasteiger partial charge in [0.05, 0.1) is 9.95 Å². The lowest BCUT2D eigenvalue weighted by molar-refractivity contribution is -0.385. The fourth-order valence-corrected chi connectivity index (χ4v) is 2.30. The van der Waals surface area contributed by atoms with E-state index in [1.807, 2.05) is 0 Å². The number of nitro benzene ring substituents is 1. The van der Waals surface area contributed by atoms with Crippen molar-refractivity contribution in [2.24, 2.45) is 0 Å². The Bertz CT molecular complexity index is 845. The number of rotatable bonds is 3. The number of carbonyl (C=O) groups is 1. The largest absolute Gasteiger partial charge is 0.332 e. The van der Waals surface area contributed by atoms with Crippen LogP contribution < -0.4 is 10.6 Å². The summed E-state index contributed by atoms with van der Waals surface area (Å²) in [7, 11) is 0. The van der Waals surface area contributed by atoms with Gasteiger partial charge in [-0.1, -0.05) is 11.6 Å². The molecule has 0 radical (unpaired) electrons. The Kier molecular flexibility index (Phi) is 5.42. The van der Waals surface area contributed by atoms with E-state index in [2.05, 4.69) is 10.6 Å². The van der Waals surface area contributed by atoms with Gasteiger partial charge in [0, 0.05) is 22.9 Å². The van der Waals surface area contributed by atoms with Gasteiger partial charge in [0.2, 0.25) is 0 Å². The SMILES string of the molecule is Cc1cc(C(=O)NC(=S)Nc2ccc(F)c(Cl)c2)ccc1[N+](=O)[O-]. The minimum absolute atomic E-state index is 0.0151. The van der Waals surface area contributed by atoms with Crippen LogP contribution in [0.25, 0.3) is 0 Å². The van der Waals surface area contributed by atoms with Crippen molar-refractivity contribution in [3.8, 4) is 0 Å². The molecule has 0 atom stereocenters. The first-order valence-electron chi connectivity index (χ1n) is 6.60. The lowest BCUT2D eigenvalue weighted by atomic mass is 10.1. The van der Waals surface area contributed by atoms with Crippen molar-refractivity contribution in [3.05, 3.63) is 68.5 Å². The zero-order valence-corrected chi connectivity index (χ0v) is 13.9. The predicted octanol–water partition coefficient (Wildman–Crippen LogP) is 3.82. The Morgan fingerprint density at radius 3 is 2.58 bits per heavy atom. The zero-order chi connectivity index (χ0) is 17.9. The molecule has 0 bridgehead atoms. The van der Waals surface area contributed by atoms with Crippen LogP contribution >= 0.6 is 23.8 Å².